The smallest absolute Gasteiger partial charge is 0.302 e. The first-order valence-electron chi connectivity index (χ1n) is 15.1. The van der Waals surface area contributed by atoms with E-state index < -0.39 is 0 Å². The summed E-state index contributed by atoms with van der Waals surface area (Å²) in [5.74, 6) is 2.29. The van der Waals surface area contributed by atoms with Crippen LogP contribution in [0.1, 0.15) is 133 Å². The third kappa shape index (κ3) is 4.23. The fourth-order valence-electron chi connectivity index (χ4n) is 10.2. The summed E-state index contributed by atoms with van der Waals surface area (Å²) in [6, 6.07) is 0. The first kappa shape index (κ1) is 27.9. The first-order chi connectivity index (χ1) is 16.7. The molecule has 0 amide bonds. The van der Waals surface area contributed by atoms with Crippen molar-refractivity contribution in [2.75, 3.05) is 0 Å². The minimum Gasteiger partial charge on any atom is -0.462 e. The topological polar surface area (TPSA) is 43.4 Å². The van der Waals surface area contributed by atoms with E-state index in [1.807, 2.05) is 6.92 Å². The van der Waals surface area contributed by atoms with Crippen molar-refractivity contribution in [3.8, 4) is 0 Å². The van der Waals surface area contributed by atoms with Crippen LogP contribution in [0, 0.1) is 45.3 Å². The van der Waals surface area contributed by atoms with Gasteiger partial charge in [-0.2, -0.15) is 0 Å². The molecule has 0 aromatic heterocycles. The van der Waals surface area contributed by atoms with Gasteiger partial charge in [0.05, 0.1) is 0 Å². The Balaban J connectivity index is 1.65. The molecular weight excluding hydrogens is 444 g/mol. The Morgan fingerprint density at radius 3 is 2.19 bits per heavy atom. The second-order valence-corrected chi connectivity index (χ2v) is 14.9. The van der Waals surface area contributed by atoms with Crippen LogP contribution in [0.2, 0.25) is 0 Å². The van der Waals surface area contributed by atoms with E-state index in [-0.39, 0.29) is 39.7 Å². The molecule has 4 aliphatic carbocycles. The van der Waals surface area contributed by atoms with E-state index in [1.54, 1.807) is 18.1 Å². The molecule has 7 unspecified atom stereocenters. The van der Waals surface area contributed by atoms with E-state index in [9.17, 15) is 9.59 Å². The standard InChI is InChI=1S/C33H54O3/c1-21(2)11-10-12-24(22(3)34)25-15-19-33(9)27-13-14-28-30(5,6)29(36-23(4)35)17-18-31(28,7)26(27)16-20-32(25,33)8/h21,24-25,28-29H,10-20H2,1-9H3. The van der Waals surface area contributed by atoms with Crippen molar-refractivity contribution in [3.05, 3.63) is 11.1 Å². The third-order valence-electron chi connectivity index (χ3n) is 12.4. The van der Waals surface area contributed by atoms with Gasteiger partial charge in [-0.25, -0.2) is 0 Å². The molecule has 0 spiro atoms. The largest absolute Gasteiger partial charge is 0.462 e. The average molecular weight is 499 g/mol. The van der Waals surface area contributed by atoms with Crippen molar-refractivity contribution in [3.63, 3.8) is 0 Å². The lowest BCUT2D eigenvalue weighted by Crippen LogP contribution is -2.56. The summed E-state index contributed by atoms with van der Waals surface area (Å²) in [5, 5.41) is 0. The number of allylic oxidation sites excluding steroid dienone is 2. The molecule has 2 fully saturated rings. The molecular formula is C33H54O3. The van der Waals surface area contributed by atoms with Crippen molar-refractivity contribution in [1.82, 2.24) is 0 Å². The summed E-state index contributed by atoms with van der Waals surface area (Å²) in [5.41, 5.74) is 4.15. The van der Waals surface area contributed by atoms with Gasteiger partial charge >= 0.3 is 5.97 Å². The molecule has 4 aliphatic rings. The van der Waals surface area contributed by atoms with E-state index in [4.69, 9.17) is 4.74 Å². The Morgan fingerprint density at radius 2 is 1.58 bits per heavy atom. The van der Waals surface area contributed by atoms with Crippen LogP contribution in [0.4, 0.5) is 0 Å². The lowest BCUT2D eigenvalue weighted by atomic mass is 9.43. The minimum absolute atomic E-state index is 0.00674. The second kappa shape index (κ2) is 9.57. The van der Waals surface area contributed by atoms with Gasteiger partial charge in [-0.1, -0.05) is 72.5 Å². The summed E-state index contributed by atoms with van der Waals surface area (Å²) in [4.78, 5) is 24.8. The van der Waals surface area contributed by atoms with Crippen LogP contribution < -0.4 is 0 Å². The predicted octanol–water partition coefficient (Wildman–Crippen LogP) is 8.70. The van der Waals surface area contributed by atoms with Gasteiger partial charge in [0.2, 0.25) is 0 Å². The van der Waals surface area contributed by atoms with Crippen LogP contribution in [-0.2, 0) is 14.3 Å². The molecule has 2 saturated carbocycles. The lowest BCUT2D eigenvalue weighted by molar-refractivity contribution is -0.167. The zero-order chi connectivity index (χ0) is 26.7. The summed E-state index contributed by atoms with van der Waals surface area (Å²) < 4.78 is 5.86. The van der Waals surface area contributed by atoms with Crippen molar-refractivity contribution in [2.24, 2.45) is 45.3 Å². The maximum absolute atomic E-state index is 13.0. The number of carbonyl (C=O) groups excluding carboxylic acids is 2. The molecule has 7 atom stereocenters. The number of ketones is 1. The number of hydrogen-bond acceptors (Lipinski definition) is 3. The van der Waals surface area contributed by atoms with Crippen molar-refractivity contribution < 1.29 is 14.3 Å². The zero-order valence-electron chi connectivity index (χ0n) is 24.9. The molecule has 36 heavy (non-hydrogen) atoms. The van der Waals surface area contributed by atoms with Crippen LogP contribution in [0.5, 0.6) is 0 Å². The van der Waals surface area contributed by atoms with E-state index in [1.165, 1.54) is 51.4 Å². The maximum Gasteiger partial charge on any atom is 0.302 e. The molecule has 0 aliphatic heterocycles. The summed E-state index contributed by atoms with van der Waals surface area (Å²) in [6.07, 6.45) is 12.8. The number of ether oxygens (including phenoxy) is 1. The van der Waals surface area contributed by atoms with E-state index >= 15 is 0 Å². The van der Waals surface area contributed by atoms with E-state index in [0.717, 1.165) is 19.3 Å². The van der Waals surface area contributed by atoms with Gasteiger partial charge in [-0.05, 0) is 98.7 Å². The Kier molecular flexibility index (Phi) is 7.41. The van der Waals surface area contributed by atoms with Gasteiger partial charge in [0.25, 0.3) is 0 Å². The molecule has 0 heterocycles. The highest BCUT2D eigenvalue weighted by Gasteiger charge is 2.64. The Morgan fingerprint density at radius 1 is 0.889 bits per heavy atom. The monoisotopic (exact) mass is 498 g/mol. The molecule has 0 aromatic rings. The normalized spacial score (nSPS) is 40.3. The van der Waals surface area contributed by atoms with E-state index in [2.05, 4.69) is 48.5 Å². The highest BCUT2D eigenvalue weighted by atomic mass is 16.5. The van der Waals surface area contributed by atoms with Crippen LogP contribution in [0.15, 0.2) is 11.1 Å². The first-order valence-corrected chi connectivity index (χ1v) is 15.1. The van der Waals surface area contributed by atoms with Crippen molar-refractivity contribution >= 4 is 11.8 Å². The number of fused-ring (bicyclic) bond motifs is 4. The van der Waals surface area contributed by atoms with Gasteiger partial charge in [0, 0.05) is 18.3 Å². The quantitative estimate of drug-likeness (QED) is 0.260. The van der Waals surface area contributed by atoms with Gasteiger partial charge in [0.15, 0.2) is 0 Å². The van der Waals surface area contributed by atoms with Crippen LogP contribution in [0.25, 0.3) is 0 Å². The number of Topliss-reactive ketones (excluding diaryl/α,β-unsaturated/α-hetero) is 1. The van der Waals surface area contributed by atoms with Gasteiger partial charge in [-0.3, -0.25) is 9.59 Å². The van der Waals surface area contributed by atoms with Gasteiger partial charge < -0.3 is 4.74 Å². The van der Waals surface area contributed by atoms with Crippen LogP contribution in [-0.4, -0.2) is 17.9 Å². The molecule has 3 nitrogen and oxygen atoms in total. The molecule has 0 radical (unpaired) electrons. The Hall–Kier alpha value is -1.12. The summed E-state index contributed by atoms with van der Waals surface area (Å²) >= 11 is 0. The van der Waals surface area contributed by atoms with Gasteiger partial charge in [0.1, 0.15) is 11.9 Å². The number of carbonyl (C=O) groups is 2. The third-order valence-corrected chi connectivity index (χ3v) is 12.4. The minimum atomic E-state index is -0.140. The summed E-state index contributed by atoms with van der Waals surface area (Å²) in [7, 11) is 0. The van der Waals surface area contributed by atoms with Gasteiger partial charge in [-0.15, -0.1) is 0 Å². The lowest BCUT2D eigenvalue weighted by Gasteiger charge is -2.62. The number of esters is 1. The number of rotatable bonds is 7. The average Bonchev–Trinajstić information content (AvgIpc) is 3.04. The molecule has 0 N–H and O–H groups in total. The second-order valence-electron chi connectivity index (χ2n) is 14.9. The van der Waals surface area contributed by atoms with Crippen LogP contribution >= 0.6 is 0 Å². The Labute approximate surface area is 221 Å². The van der Waals surface area contributed by atoms with Crippen molar-refractivity contribution in [1.29, 1.82) is 0 Å². The molecule has 204 valence electrons. The fraction of sp³-hybridized carbons (Fsp3) is 0.879. The molecule has 0 bridgehead atoms. The molecule has 4 rings (SSSR count). The highest BCUT2D eigenvalue weighted by Crippen LogP contribution is 2.72. The molecule has 3 heteroatoms. The fourth-order valence-corrected chi connectivity index (χ4v) is 10.2. The van der Waals surface area contributed by atoms with Crippen LogP contribution in [0.3, 0.4) is 0 Å². The molecule has 0 aromatic carbocycles. The molecule has 0 saturated heterocycles. The highest BCUT2D eigenvalue weighted by molar-refractivity contribution is 5.78. The van der Waals surface area contributed by atoms with E-state index in [0.29, 0.717) is 23.5 Å². The maximum atomic E-state index is 13.0. The zero-order valence-corrected chi connectivity index (χ0v) is 24.9. The Bertz CT molecular complexity index is 912. The van der Waals surface area contributed by atoms with Crippen molar-refractivity contribution in [2.45, 2.75) is 139 Å². The predicted molar refractivity (Wildman–Crippen MR) is 147 cm³/mol. The summed E-state index contributed by atoms with van der Waals surface area (Å²) in [6.45, 7) is 20.4. The number of hydrogen-bond donors (Lipinski definition) is 0. The SMILES string of the molecule is CC(=O)OC1CCC2(C)C3=C(CCC2C1(C)C)C1(C)CCC(C(CCCC(C)C)C(C)=O)C1(C)CC3.